The highest BCUT2D eigenvalue weighted by Crippen LogP contribution is 2.43. The smallest absolute Gasteiger partial charge is 0.201 e. The van der Waals surface area contributed by atoms with E-state index in [9.17, 15) is 5.11 Å². The van der Waals surface area contributed by atoms with Crippen molar-refractivity contribution in [1.29, 1.82) is 0 Å². The first-order valence-corrected chi connectivity index (χ1v) is 13.7. The van der Waals surface area contributed by atoms with E-state index in [2.05, 4.69) is 96.1 Å². The number of fused-ring (bicyclic) bond motifs is 2. The molecule has 0 aliphatic carbocycles. The number of ether oxygens (including phenoxy) is 1. The molecule has 0 radical (unpaired) electrons. The Kier molecular flexibility index (Phi) is 7.92. The first kappa shape index (κ1) is 23.9. The summed E-state index contributed by atoms with van der Waals surface area (Å²) in [6, 6.07) is 19.2. The summed E-state index contributed by atoms with van der Waals surface area (Å²) >= 11 is 0. The van der Waals surface area contributed by atoms with Crippen molar-refractivity contribution in [3.05, 3.63) is 60.2 Å². The van der Waals surface area contributed by atoms with E-state index in [1.54, 1.807) is 0 Å². The van der Waals surface area contributed by atoms with E-state index in [0.29, 0.717) is 29.8 Å². The Morgan fingerprint density at radius 1 is 0.774 bits per heavy atom. The van der Waals surface area contributed by atoms with E-state index in [1.165, 1.54) is 27.1 Å². The molecule has 1 N–H and O–H groups in total. The fraction of sp³-hybridized carbons (Fsp3) is 0.481. The van der Waals surface area contributed by atoms with Crippen LogP contribution in [0.25, 0.3) is 21.5 Å². The molecule has 0 aliphatic rings. The molecule has 0 saturated carbocycles. The lowest BCUT2D eigenvalue weighted by Crippen LogP contribution is -2.51. The van der Waals surface area contributed by atoms with E-state index in [1.807, 2.05) is 0 Å². The Hall–Kier alpha value is -1.72. The lowest BCUT2D eigenvalue weighted by Gasteiger charge is -2.44. The minimum absolute atomic E-state index is 0.0167. The summed E-state index contributed by atoms with van der Waals surface area (Å²) in [7, 11) is -2.07. The van der Waals surface area contributed by atoms with Crippen molar-refractivity contribution in [2.24, 2.45) is 0 Å². The highest BCUT2D eigenvalue weighted by Gasteiger charge is 2.46. The molecular formula is C27H38O3Si. The quantitative estimate of drug-likeness (QED) is 0.272. The molecule has 1 atom stereocenters. The zero-order valence-corrected chi connectivity index (χ0v) is 20.9. The summed E-state index contributed by atoms with van der Waals surface area (Å²) in [6.45, 7) is 14.5. The molecule has 4 heteroatoms. The topological polar surface area (TPSA) is 38.7 Å². The van der Waals surface area contributed by atoms with Gasteiger partial charge in [0.15, 0.2) is 0 Å². The number of benzene rings is 3. The van der Waals surface area contributed by atoms with Crippen molar-refractivity contribution in [1.82, 2.24) is 0 Å². The van der Waals surface area contributed by atoms with E-state index in [-0.39, 0.29) is 12.7 Å². The molecule has 3 aromatic carbocycles. The highest BCUT2D eigenvalue weighted by molar-refractivity contribution is 6.77. The van der Waals surface area contributed by atoms with Crippen molar-refractivity contribution in [2.75, 3.05) is 13.2 Å². The summed E-state index contributed by atoms with van der Waals surface area (Å²) in [5.74, 6) is 0. The van der Waals surface area contributed by atoms with Gasteiger partial charge in [-0.3, -0.25) is 0 Å². The van der Waals surface area contributed by atoms with E-state index >= 15 is 0 Å². The standard InChI is InChI=1S/C27H38O3Si/c1-19(2)31(20(3)4,21(5)6)30-24(16-28)17-29-18-27-25-13-9-7-11-22(25)15-23-12-8-10-14-26(23)27/h7-15,19-21,24,28H,16-18H2,1-6H3/t24-/m1/s1. The van der Waals surface area contributed by atoms with Crippen LogP contribution < -0.4 is 0 Å². The highest BCUT2D eigenvalue weighted by atomic mass is 28.4. The Morgan fingerprint density at radius 3 is 1.71 bits per heavy atom. The fourth-order valence-electron chi connectivity index (χ4n) is 5.38. The van der Waals surface area contributed by atoms with Crippen molar-refractivity contribution in [3.63, 3.8) is 0 Å². The van der Waals surface area contributed by atoms with Crippen molar-refractivity contribution < 1.29 is 14.3 Å². The minimum atomic E-state index is -2.07. The second kappa shape index (κ2) is 10.3. The second-order valence-corrected chi connectivity index (χ2v) is 15.0. The molecule has 0 saturated heterocycles. The van der Waals surface area contributed by atoms with E-state index in [4.69, 9.17) is 9.16 Å². The Bertz CT molecular complexity index is 920. The van der Waals surface area contributed by atoms with Crippen LogP contribution in [0.4, 0.5) is 0 Å². The molecule has 0 spiro atoms. The lowest BCUT2D eigenvalue weighted by atomic mass is 9.97. The van der Waals surface area contributed by atoms with Gasteiger partial charge in [-0.15, -0.1) is 0 Å². The third-order valence-corrected chi connectivity index (χ3v) is 12.9. The van der Waals surface area contributed by atoms with Gasteiger partial charge >= 0.3 is 0 Å². The summed E-state index contributed by atoms with van der Waals surface area (Å²) < 4.78 is 13.0. The van der Waals surface area contributed by atoms with Crippen molar-refractivity contribution in [2.45, 2.75) is 70.9 Å². The SMILES string of the molecule is CC(C)[Si](O[C@H](CO)COCc1c2ccccc2cc2ccccc12)(C(C)C)C(C)C. The van der Waals surface area contributed by atoms with Gasteiger partial charge in [-0.1, -0.05) is 90.1 Å². The van der Waals surface area contributed by atoms with E-state index < -0.39 is 8.32 Å². The predicted molar refractivity (Wildman–Crippen MR) is 134 cm³/mol. The minimum Gasteiger partial charge on any atom is -0.408 e. The molecule has 0 unspecified atom stereocenters. The second-order valence-electron chi connectivity index (χ2n) is 9.55. The van der Waals surface area contributed by atoms with Crippen molar-refractivity contribution >= 4 is 29.9 Å². The number of hydrogen-bond donors (Lipinski definition) is 1. The number of aliphatic hydroxyl groups is 1. The third-order valence-electron chi connectivity index (χ3n) is 6.71. The molecule has 31 heavy (non-hydrogen) atoms. The normalized spacial score (nSPS) is 13.7. The van der Waals surface area contributed by atoms with Crippen LogP contribution in [0.3, 0.4) is 0 Å². The first-order chi connectivity index (χ1) is 14.8. The Balaban J connectivity index is 1.82. The summed E-state index contributed by atoms with van der Waals surface area (Å²) in [4.78, 5) is 0. The molecule has 0 bridgehead atoms. The first-order valence-electron chi connectivity index (χ1n) is 11.6. The van der Waals surface area contributed by atoms with Gasteiger partial charge in [-0.2, -0.15) is 0 Å². The molecule has 0 heterocycles. The van der Waals surface area contributed by atoms with Gasteiger partial charge in [0.05, 0.1) is 25.9 Å². The number of hydrogen-bond acceptors (Lipinski definition) is 3. The van der Waals surface area contributed by atoms with Crippen LogP contribution in [0.15, 0.2) is 54.6 Å². The van der Waals surface area contributed by atoms with E-state index in [0.717, 1.165) is 0 Å². The zero-order valence-electron chi connectivity index (χ0n) is 19.9. The summed E-state index contributed by atoms with van der Waals surface area (Å²) in [5.41, 5.74) is 2.63. The van der Waals surface area contributed by atoms with Gasteiger partial charge in [0.2, 0.25) is 8.32 Å². The molecule has 3 aromatic rings. The summed E-state index contributed by atoms with van der Waals surface area (Å²) in [5, 5.41) is 15.0. The molecular weight excluding hydrogens is 400 g/mol. The average Bonchev–Trinajstić information content (AvgIpc) is 2.74. The maximum Gasteiger partial charge on any atom is 0.201 e. The lowest BCUT2D eigenvalue weighted by molar-refractivity contribution is 0.00520. The summed E-state index contributed by atoms with van der Waals surface area (Å²) in [6.07, 6.45) is -0.292. The monoisotopic (exact) mass is 438 g/mol. The van der Waals surface area contributed by atoms with Crippen LogP contribution in [0.2, 0.25) is 16.6 Å². The Morgan fingerprint density at radius 2 is 1.26 bits per heavy atom. The van der Waals surface area contributed by atoms with Gasteiger partial charge in [-0.05, 0) is 49.8 Å². The molecule has 3 rings (SSSR count). The van der Waals surface area contributed by atoms with Gasteiger partial charge in [0, 0.05) is 0 Å². The fourth-order valence-corrected chi connectivity index (χ4v) is 10.9. The maximum atomic E-state index is 10.1. The van der Waals surface area contributed by atoms with Gasteiger partial charge in [0.1, 0.15) is 0 Å². The number of aliphatic hydroxyl groups excluding tert-OH is 1. The molecule has 0 fully saturated rings. The van der Waals surface area contributed by atoms with Gasteiger partial charge in [0.25, 0.3) is 0 Å². The third kappa shape index (κ3) is 4.88. The van der Waals surface area contributed by atoms with Crippen LogP contribution in [0.1, 0.15) is 47.1 Å². The van der Waals surface area contributed by atoms with Crippen LogP contribution in [0.5, 0.6) is 0 Å². The molecule has 3 nitrogen and oxygen atoms in total. The Labute approximate surface area is 188 Å². The average molecular weight is 439 g/mol. The molecule has 0 amide bonds. The molecule has 0 aliphatic heterocycles. The molecule has 168 valence electrons. The van der Waals surface area contributed by atoms with Crippen LogP contribution in [-0.4, -0.2) is 32.7 Å². The molecule has 0 aromatic heterocycles. The van der Waals surface area contributed by atoms with Crippen LogP contribution in [0, 0.1) is 0 Å². The van der Waals surface area contributed by atoms with Crippen LogP contribution >= 0.6 is 0 Å². The van der Waals surface area contributed by atoms with Gasteiger partial charge in [-0.25, -0.2) is 0 Å². The predicted octanol–water partition coefficient (Wildman–Crippen LogP) is 7.06. The van der Waals surface area contributed by atoms with Crippen molar-refractivity contribution in [3.8, 4) is 0 Å². The number of rotatable bonds is 10. The maximum absolute atomic E-state index is 10.1. The van der Waals surface area contributed by atoms with Gasteiger partial charge < -0.3 is 14.3 Å². The van der Waals surface area contributed by atoms with Crippen LogP contribution in [-0.2, 0) is 15.8 Å². The largest absolute Gasteiger partial charge is 0.408 e. The zero-order chi connectivity index (χ0) is 22.6.